The number of carboxylic acid groups (broad SMARTS) is 1. The van der Waals surface area contributed by atoms with Crippen LogP contribution in [0.2, 0.25) is 0 Å². The quantitative estimate of drug-likeness (QED) is 0.860. The molecule has 0 aliphatic carbocycles. The SMILES string of the molecule is Cc1cc(/C=C/C(=O)O)cnc1N1CCCCCCC1. The van der Waals surface area contributed by atoms with E-state index in [0.717, 1.165) is 36.1 Å². The van der Waals surface area contributed by atoms with Crippen LogP contribution in [0.15, 0.2) is 18.3 Å². The molecule has 0 radical (unpaired) electrons. The average Bonchev–Trinajstić information content (AvgIpc) is 2.37. The fraction of sp³-hybridized carbons (Fsp3) is 0.500. The standard InChI is InChI=1S/C16H22N2O2/c1-13-11-14(7-8-15(19)20)12-17-16(13)18-9-5-3-2-4-6-10-18/h7-8,11-12H,2-6,9-10H2,1H3,(H,19,20)/b8-7+. The molecule has 108 valence electrons. The van der Waals surface area contributed by atoms with Gasteiger partial charge in [0.2, 0.25) is 0 Å². The molecule has 1 aliphatic heterocycles. The van der Waals surface area contributed by atoms with Crippen LogP contribution in [0.5, 0.6) is 0 Å². The lowest BCUT2D eigenvalue weighted by Gasteiger charge is -2.27. The second-order valence-corrected chi connectivity index (χ2v) is 5.34. The van der Waals surface area contributed by atoms with Crippen LogP contribution in [-0.4, -0.2) is 29.1 Å². The highest BCUT2D eigenvalue weighted by Crippen LogP contribution is 2.21. The Balaban J connectivity index is 2.13. The van der Waals surface area contributed by atoms with Gasteiger partial charge in [0.1, 0.15) is 5.82 Å². The average molecular weight is 274 g/mol. The Bertz CT molecular complexity index is 489. The first kappa shape index (κ1) is 14.6. The Kier molecular flexibility index (Phi) is 5.16. The number of anilines is 1. The highest BCUT2D eigenvalue weighted by Gasteiger charge is 2.12. The maximum atomic E-state index is 10.5. The van der Waals surface area contributed by atoms with Crippen LogP contribution in [0.4, 0.5) is 5.82 Å². The van der Waals surface area contributed by atoms with Gasteiger partial charge in [-0.05, 0) is 43.0 Å². The zero-order chi connectivity index (χ0) is 14.4. The number of pyridine rings is 1. The van der Waals surface area contributed by atoms with Gasteiger partial charge in [0.25, 0.3) is 0 Å². The lowest BCUT2D eigenvalue weighted by atomic mass is 10.1. The summed E-state index contributed by atoms with van der Waals surface area (Å²) in [4.78, 5) is 17.4. The van der Waals surface area contributed by atoms with E-state index in [-0.39, 0.29) is 0 Å². The smallest absolute Gasteiger partial charge is 0.328 e. The van der Waals surface area contributed by atoms with Gasteiger partial charge < -0.3 is 10.0 Å². The minimum absolute atomic E-state index is 0.834. The first-order valence-electron chi connectivity index (χ1n) is 7.29. The third-order valence-electron chi connectivity index (χ3n) is 3.65. The summed E-state index contributed by atoms with van der Waals surface area (Å²) in [6, 6.07) is 2.00. The molecule has 1 saturated heterocycles. The second kappa shape index (κ2) is 7.08. The van der Waals surface area contributed by atoms with Gasteiger partial charge in [-0.15, -0.1) is 0 Å². The van der Waals surface area contributed by atoms with Gasteiger partial charge in [-0.2, -0.15) is 0 Å². The maximum Gasteiger partial charge on any atom is 0.328 e. The molecule has 0 amide bonds. The van der Waals surface area contributed by atoms with Crippen LogP contribution in [0.3, 0.4) is 0 Å². The lowest BCUT2D eigenvalue weighted by molar-refractivity contribution is -0.131. The maximum absolute atomic E-state index is 10.5. The zero-order valence-electron chi connectivity index (χ0n) is 12.0. The Morgan fingerprint density at radius 1 is 1.25 bits per heavy atom. The Morgan fingerprint density at radius 3 is 2.50 bits per heavy atom. The molecule has 20 heavy (non-hydrogen) atoms. The van der Waals surface area contributed by atoms with Crippen molar-refractivity contribution < 1.29 is 9.90 Å². The fourth-order valence-corrected chi connectivity index (χ4v) is 2.64. The van der Waals surface area contributed by atoms with Crippen LogP contribution in [0, 0.1) is 6.92 Å². The van der Waals surface area contributed by atoms with Crippen LogP contribution in [0.25, 0.3) is 6.08 Å². The molecule has 1 aliphatic rings. The molecule has 4 nitrogen and oxygen atoms in total. The van der Waals surface area contributed by atoms with Crippen molar-refractivity contribution in [3.05, 3.63) is 29.5 Å². The van der Waals surface area contributed by atoms with Gasteiger partial charge in [-0.1, -0.05) is 19.3 Å². The van der Waals surface area contributed by atoms with Gasteiger partial charge in [0.15, 0.2) is 0 Å². The van der Waals surface area contributed by atoms with Gasteiger partial charge in [-0.25, -0.2) is 9.78 Å². The predicted octanol–water partition coefficient (Wildman–Crippen LogP) is 3.26. The molecule has 0 aromatic carbocycles. The highest BCUT2D eigenvalue weighted by atomic mass is 16.4. The largest absolute Gasteiger partial charge is 0.478 e. The molecule has 1 aromatic rings. The van der Waals surface area contributed by atoms with Crippen LogP contribution in [0.1, 0.15) is 43.2 Å². The molecule has 0 bridgehead atoms. The molecule has 2 heterocycles. The van der Waals surface area contributed by atoms with Crippen LogP contribution < -0.4 is 4.90 Å². The molecule has 0 unspecified atom stereocenters. The van der Waals surface area contributed by atoms with E-state index >= 15 is 0 Å². The van der Waals surface area contributed by atoms with Crippen molar-refractivity contribution in [2.24, 2.45) is 0 Å². The van der Waals surface area contributed by atoms with Crippen LogP contribution in [-0.2, 0) is 4.79 Å². The van der Waals surface area contributed by atoms with Gasteiger partial charge in [0, 0.05) is 25.4 Å². The minimum atomic E-state index is -0.935. The van der Waals surface area contributed by atoms with Crippen molar-refractivity contribution in [2.45, 2.75) is 39.0 Å². The van der Waals surface area contributed by atoms with E-state index in [2.05, 4.69) is 9.88 Å². The second-order valence-electron chi connectivity index (χ2n) is 5.34. The van der Waals surface area contributed by atoms with E-state index in [4.69, 9.17) is 5.11 Å². The molecule has 0 saturated carbocycles. The first-order valence-corrected chi connectivity index (χ1v) is 7.29. The van der Waals surface area contributed by atoms with Gasteiger partial charge >= 0.3 is 5.97 Å². The summed E-state index contributed by atoms with van der Waals surface area (Å²) in [6.07, 6.45) is 10.9. The molecule has 0 atom stereocenters. The minimum Gasteiger partial charge on any atom is -0.478 e. The van der Waals surface area contributed by atoms with E-state index < -0.39 is 5.97 Å². The Labute approximate surface area is 120 Å². The zero-order valence-corrected chi connectivity index (χ0v) is 12.0. The monoisotopic (exact) mass is 274 g/mol. The third kappa shape index (κ3) is 4.08. The molecule has 0 spiro atoms. The molecule has 4 heteroatoms. The Hall–Kier alpha value is -1.84. The summed E-state index contributed by atoms with van der Waals surface area (Å²) in [7, 11) is 0. The number of hydrogen-bond acceptors (Lipinski definition) is 3. The molecular weight excluding hydrogens is 252 g/mol. The summed E-state index contributed by atoms with van der Waals surface area (Å²) in [6.45, 7) is 4.18. The predicted molar refractivity (Wildman–Crippen MR) is 80.9 cm³/mol. The summed E-state index contributed by atoms with van der Waals surface area (Å²) in [5, 5.41) is 8.64. The number of rotatable bonds is 3. The van der Waals surface area contributed by atoms with Crippen molar-refractivity contribution in [3.63, 3.8) is 0 Å². The molecule has 2 rings (SSSR count). The van der Waals surface area contributed by atoms with E-state index in [0.29, 0.717) is 0 Å². The number of nitrogens with zero attached hydrogens (tertiary/aromatic N) is 2. The van der Waals surface area contributed by atoms with Crippen LogP contribution >= 0.6 is 0 Å². The first-order chi connectivity index (χ1) is 9.66. The summed E-state index contributed by atoms with van der Waals surface area (Å²) in [5.41, 5.74) is 1.94. The highest BCUT2D eigenvalue weighted by molar-refractivity contribution is 5.85. The van der Waals surface area contributed by atoms with Gasteiger partial charge in [-0.3, -0.25) is 0 Å². The molecular formula is C16H22N2O2. The van der Waals surface area contributed by atoms with Crippen molar-refractivity contribution in [3.8, 4) is 0 Å². The summed E-state index contributed by atoms with van der Waals surface area (Å²) < 4.78 is 0. The number of aryl methyl sites for hydroxylation is 1. The lowest BCUT2D eigenvalue weighted by Crippen LogP contribution is -2.28. The number of carbonyl (C=O) groups is 1. The topological polar surface area (TPSA) is 53.4 Å². The van der Waals surface area contributed by atoms with Crippen molar-refractivity contribution >= 4 is 17.9 Å². The van der Waals surface area contributed by atoms with Crippen molar-refractivity contribution in [1.82, 2.24) is 4.98 Å². The van der Waals surface area contributed by atoms with Gasteiger partial charge in [0.05, 0.1) is 0 Å². The van der Waals surface area contributed by atoms with E-state index in [9.17, 15) is 4.79 Å². The third-order valence-corrected chi connectivity index (χ3v) is 3.65. The number of carboxylic acids is 1. The summed E-state index contributed by atoms with van der Waals surface area (Å²) in [5.74, 6) is 0.106. The number of aromatic nitrogens is 1. The summed E-state index contributed by atoms with van der Waals surface area (Å²) >= 11 is 0. The van der Waals surface area contributed by atoms with Crippen molar-refractivity contribution in [2.75, 3.05) is 18.0 Å². The molecule has 1 aromatic heterocycles. The normalized spacial score (nSPS) is 16.9. The molecule has 1 fully saturated rings. The van der Waals surface area contributed by atoms with E-state index in [1.807, 2.05) is 13.0 Å². The van der Waals surface area contributed by atoms with E-state index in [1.54, 1.807) is 12.3 Å². The Morgan fingerprint density at radius 2 is 1.90 bits per heavy atom. The number of hydrogen-bond donors (Lipinski definition) is 1. The van der Waals surface area contributed by atoms with E-state index in [1.165, 1.54) is 32.1 Å². The fourth-order valence-electron chi connectivity index (χ4n) is 2.64. The molecule has 1 N–H and O–H groups in total. The number of aliphatic carboxylic acids is 1. The van der Waals surface area contributed by atoms with Crippen molar-refractivity contribution in [1.29, 1.82) is 0 Å².